The van der Waals surface area contributed by atoms with Crippen LogP contribution < -0.4 is 6.15 Å². The number of aryl methyl sites for hydroxylation is 2. The number of nitrogens with zero attached hydrogens (tertiary/aromatic N) is 6. The third-order valence-corrected chi connectivity index (χ3v) is 5.15. The molecule has 0 bridgehead atoms. The lowest BCUT2D eigenvalue weighted by atomic mass is 9.98. The van der Waals surface area contributed by atoms with E-state index in [-0.39, 0.29) is 6.15 Å². The van der Waals surface area contributed by atoms with Gasteiger partial charge in [0.15, 0.2) is 5.65 Å². The van der Waals surface area contributed by atoms with Crippen LogP contribution in [0.25, 0.3) is 33.7 Å². The fourth-order valence-corrected chi connectivity index (χ4v) is 3.61. The van der Waals surface area contributed by atoms with E-state index in [0.29, 0.717) is 5.82 Å². The summed E-state index contributed by atoms with van der Waals surface area (Å²) in [7, 11) is 0. The number of hydrogen-bond donors (Lipinski definition) is 2. The Bertz CT molecular complexity index is 1290. The summed E-state index contributed by atoms with van der Waals surface area (Å²) in [6, 6.07) is 18.6. The molecule has 4 N–H and O–H groups in total. The fourth-order valence-electron chi connectivity index (χ4n) is 3.61. The second-order valence-corrected chi connectivity index (χ2v) is 7.02. The van der Waals surface area contributed by atoms with Gasteiger partial charge in [-0.2, -0.15) is 5.21 Å². The van der Waals surface area contributed by atoms with Gasteiger partial charge in [0.1, 0.15) is 11.3 Å². The normalized spacial score (nSPS) is 10.9. The van der Waals surface area contributed by atoms with Gasteiger partial charge in [0.2, 0.25) is 5.82 Å². The highest BCUT2D eigenvalue weighted by molar-refractivity contribution is 5.80. The summed E-state index contributed by atoms with van der Waals surface area (Å²) in [4.78, 5) is 9.23. The number of fused-ring (bicyclic) bond motifs is 1. The first kappa shape index (κ1) is 19.4. The summed E-state index contributed by atoms with van der Waals surface area (Å²) in [6.07, 6.45) is 1.84. The van der Waals surface area contributed by atoms with Crippen molar-refractivity contribution in [1.29, 1.82) is 0 Å². The Hall–Kier alpha value is -3.91. The second-order valence-electron chi connectivity index (χ2n) is 7.02. The van der Waals surface area contributed by atoms with E-state index in [2.05, 4.69) is 67.4 Å². The molecular weight excluding hydrogens is 376 g/mol. The number of tetrazole rings is 1. The van der Waals surface area contributed by atoms with E-state index in [0.717, 1.165) is 45.8 Å². The fraction of sp³-hybridized carbons (Fsp3) is 0.136. The Morgan fingerprint density at radius 2 is 1.70 bits per heavy atom. The third-order valence-electron chi connectivity index (χ3n) is 5.15. The Labute approximate surface area is 173 Å². The van der Waals surface area contributed by atoms with E-state index in [1.54, 1.807) is 0 Å². The molecule has 5 rings (SSSR count). The molecule has 3 heterocycles. The number of rotatable bonds is 4. The maximum absolute atomic E-state index is 4.69. The summed E-state index contributed by atoms with van der Waals surface area (Å²) in [5, 5.41) is 14.4. The number of nitrogens with one attached hydrogen (secondary N) is 1. The zero-order chi connectivity index (χ0) is 19.8. The van der Waals surface area contributed by atoms with Gasteiger partial charge in [-0.3, -0.25) is 0 Å². The van der Waals surface area contributed by atoms with Crippen molar-refractivity contribution >= 4 is 11.2 Å². The zero-order valence-corrected chi connectivity index (χ0v) is 16.9. The van der Waals surface area contributed by atoms with Crippen LogP contribution in [0.2, 0.25) is 0 Å². The lowest BCUT2D eigenvalue weighted by Gasteiger charge is -2.10. The second kappa shape index (κ2) is 7.84. The molecule has 8 heteroatoms. The zero-order valence-electron chi connectivity index (χ0n) is 16.9. The molecule has 0 unspecified atom stereocenters. The van der Waals surface area contributed by atoms with Gasteiger partial charge in [0, 0.05) is 11.8 Å². The average Bonchev–Trinajstić information content (AvgIpc) is 3.39. The Morgan fingerprint density at radius 1 is 0.933 bits per heavy atom. The Kier molecular flexibility index (Phi) is 5.07. The van der Waals surface area contributed by atoms with Crippen LogP contribution in [-0.2, 0) is 6.54 Å². The third kappa shape index (κ3) is 3.33. The highest BCUT2D eigenvalue weighted by Gasteiger charge is 2.12. The minimum atomic E-state index is 0. The van der Waals surface area contributed by atoms with Crippen molar-refractivity contribution in [2.45, 2.75) is 20.4 Å². The minimum absolute atomic E-state index is 0. The van der Waals surface area contributed by atoms with Crippen LogP contribution >= 0.6 is 0 Å². The van der Waals surface area contributed by atoms with Crippen molar-refractivity contribution in [3.05, 3.63) is 77.7 Å². The van der Waals surface area contributed by atoms with Crippen molar-refractivity contribution < 1.29 is 0 Å². The largest absolute Gasteiger partial charge is 0.344 e. The molecule has 30 heavy (non-hydrogen) atoms. The average molecular weight is 398 g/mol. The molecule has 150 valence electrons. The summed E-state index contributed by atoms with van der Waals surface area (Å²) in [5.74, 6) is 1.56. The maximum Gasteiger partial charge on any atom is 0.205 e. The molecule has 0 aliphatic heterocycles. The molecule has 0 amide bonds. The summed E-state index contributed by atoms with van der Waals surface area (Å²) in [6.45, 7) is 4.82. The molecule has 3 aromatic heterocycles. The van der Waals surface area contributed by atoms with Gasteiger partial charge in [0.05, 0.1) is 6.54 Å². The lowest BCUT2D eigenvalue weighted by molar-refractivity contribution is 0.777. The van der Waals surface area contributed by atoms with Crippen molar-refractivity contribution in [3.63, 3.8) is 0 Å². The van der Waals surface area contributed by atoms with Gasteiger partial charge in [-0.05, 0) is 47.4 Å². The van der Waals surface area contributed by atoms with E-state index >= 15 is 0 Å². The van der Waals surface area contributed by atoms with Crippen molar-refractivity contribution in [2.24, 2.45) is 0 Å². The predicted molar refractivity (Wildman–Crippen MR) is 116 cm³/mol. The van der Waals surface area contributed by atoms with Crippen LogP contribution in [0.15, 0.2) is 60.8 Å². The van der Waals surface area contributed by atoms with Crippen LogP contribution in [0.1, 0.15) is 17.0 Å². The number of aromatic nitrogens is 7. The van der Waals surface area contributed by atoms with Crippen LogP contribution in [0, 0.1) is 13.8 Å². The van der Waals surface area contributed by atoms with E-state index < -0.39 is 0 Å². The first-order chi connectivity index (χ1) is 14.2. The number of benzene rings is 2. The van der Waals surface area contributed by atoms with Gasteiger partial charge < -0.3 is 10.7 Å². The van der Waals surface area contributed by atoms with Crippen molar-refractivity contribution in [3.8, 4) is 22.5 Å². The molecule has 0 saturated heterocycles. The highest BCUT2D eigenvalue weighted by atomic mass is 15.5. The number of H-pyrrole nitrogens is 1. The monoisotopic (exact) mass is 398 g/mol. The van der Waals surface area contributed by atoms with Crippen LogP contribution in [0.3, 0.4) is 0 Å². The summed E-state index contributed by atoms with van der Waals surface area (Å²) >= 11 is 0. The Morgan fingerprint density at radius 3 is 2.43 bits per heavy atom. The number of hydrogen-bond acceptors (Lipinski definition) is 6. The van der Waals surface area contributed by atoms with E-state index in [4.69, 9.17) is 4.98 Å². The van der Waals surface area contributed by atoms with Gasteiger partial charge in [-0.15, -0.1) is 10.2 Å². The molecule has 0 fully saturated rings. The molecule has 0 aliphatic carbocycles. The van der Waals surface area contributed by atoms with Crippen molar-refractivity contribution in [1.82, 2.24) is 41.3 Å². The van der Waals surface area contributed by atoms with Crippen LogP contribution in [-0.4, -0.2) is 35.2 Å². The Balaban J connectivity index is 0.00000218. The quantitative estimate of drug-likeness (QED) is 0.470. The standard InChI is InChI=1S/C22H19N7.H3N/c1-14-11-12-23-22-20(14)24-15(2)29(22)13-16-7-9-17(10-8-16)18-5-3-4-6-19(18)21-25-27-28-26-21;/h3-12H,13H2,1-2H3,(H,25,26,27,28);1H3. The summed E-state index contributed by atoms with van der Waals surface area (Å²) in [5.41, 5.74) is 7.36. The van der Waals surface area contributed by atoms with Crippen LogP contribution in [0.4, 0.5) is 0 Å². The van der Waals surface area contributed by atoms with E-state index in [9.17, 15) is 0 Å². The molecule has 2 aromatic carbocycles. The highest BCUT2D eigenvalue weighted by Crippen LogP contribution is 2.30. The molecule has 0 spiro atoms. The SMILES string of the molecule is Cc1ccnc2c1nc(C)n2Cc1ccc(-c2ccccc2-c2nn[nH]n2)cc1.N. The van der Waals surface area contributed by atoms with Gasteiger partial charge in [-0.25, -0.2) is 9.97 Å². The van der Waals surface area contributed by atoms with Gasteiger partial charge in [0.25, 0.3) is 0 Å². The molecule has 0 saturated carbocycles. The number of aromatic amines is 1. The first-order valence-electron chi connectivity index (χ1n) is 9.41. The molecule has 8 nitrogen and oxygen atoms in total. The predicted octanol–water partition coefficient (Wildman–Crippen LogP) is 4.11. The van der Waals surface area contributed by atoms with Crippen molar-refractivity contribution in [2.75, 3.05) is 0 Å². The van der Waals surface area contributed by atoms with E-state index in [1.165, 1.54) is 5.56 Å². The summed E-state index contributed by atoms with van der Waals surface area (Å²) < 4.78 is 2.16. The number of pyridine rings is 1. The van der Waals surface area contributed by atoms with Crippen LogP contribution in [0.5, 0.6) is 0 Å². The first-order valence-corrected chi connectivity index (χ1v) is 9.41. The lowest BCUT2D eigenvalue weighted by Crippen LogP contribution is -2.03. The topological polar surface area (TPSA) is 120 Å². The molecular formula is C22H22N8. The molecule has 0 aliphatic rings. The smallest absolute Gasteiger partial charge is 0.205 e. The molecule has 0 atom stereocenters. The number of imidazole rings is 1. The van der Waals surface area contributed by atoms with E-state index in [1.807, 2.05) is 37.4 Å². The maximum atomic E-state index is 4.69. The minimum Gasteiger partial charge on any atom is -0.344 e. The van der Waals surface area contributed by atoms with Gasteiger partial charge >= 0.3 is 0 Å². The molecule has 5 aromatic rings. The molecule has 0 radical (unpaired) electrons. The van der Waals surface area contributed by atoms with Gasteiger partial charge in [-0.1, -0.05) is 48.5 Å².